The molecule has 0 saturated carbocycles. The van der Waals surface area contributed by atoms with Crippen molar-refractivity contribution in [2.75, 3.05) is 18.8 Å². The maximum Gasteiger partial charge on any atom is 0.256 e. The molecule has 1 aliphatic heterocycles. The molecule has 0 spiro atoms. The Morgan fingerprint density at radius 3 is 2.35 bits per heavy atom. The van der Waals surface area contributed by atoms with E-state index in [9.17, 15) is 26.4 Å². The molecule has 26 heavy (non-hydrogen) atoms. The van der Waals surface area contributed by atoms with Gasteiger partial charge < -0.3 is 4.90 Å². The van der Waals surface area contributed by atoms with E-state index in [2.05, 4.69) is 0 Å². The molecule has 1 aliphatic rings. The molecule has 8 heteroatoms. The van der Waals surface area contributed by atoms with E-state index in [1.165, 1.54) is 0 Å². The average Bonchev–Trinajstić information content (AvgIpc) is 2.78. The highest BCUT2D eigenvalue weighted by atomic mass is 32.2. The maximum atomic E-state index is 13.9. The van der Waals surface area contributed by atoms with Gasteiger partial charge >= 0.3 is 0 Å². The Hall–Kier alpha value is -2.35. The summed E-state index contributed by atoms with van der Waals surface area (Å²) in [6.07, 6.45) is 0.142. The van der Waals surface area contributed by atoms with E-state index in [0.717, 1.165) is 11.0 Å². The Labute approximate surface area is 149 Å². The topological polar surface area (TPSA) is 54.5 Å². The third-order valence-electron chi connectivity index (χ3n) is 4.46. The van der Waals surface area contributed by atoms with Crippen LogP contribution in [-0.2, 0) is 9.84 Å². The van der Waals surface area contributed by atoms with Crippen molar-refractivity contribution in [3.8, 4) is 0 Å². The van der Waals surface area contributed by atoms with Crippen molar-refractivity contribution in [1.29, 1.82) is 0 Å². The Kier molecular flexibility index (Phi) is 5.04. The lowest BCUT2D eigenvalue weighted by Gasteiger charge is -2.20. The van der Waals surface area contributed by atoms with E-state index >= 15 is 0 Å². The minimum atomic E-state index is -3.51. The van der Waals surface area contributed by atoms with Gasteiger partial charge in [0.1, 0.15) is 0 Å². The van der Waals surface area contributed by atoms with Crippen molar-refractivity contribution in [1.82, 2.24) is 4.90 Å². The second kappa shape index (κ2) is 7.11. The smallest absolute Gasteiger partial charge is 0.256 e. The minimum Gasteiger partial charge on any atom is -0.337 e. The molecule has 1 unspecified atom stereocenters. The Morgan fingerprint density at radius 1 is 0.962 bits per heavy atom. The van der Waals surface area contributed by atoms with Gasteiger partial charge in [-0.3, -0.25) is 4.79 Å². The summed E-state index contributed by atoms with van der Waals surface area (Å²) in [5, 5.41) is -0.767. The van der Waals surface area contributed by atoms with Gasteiger partial charge in [0.25, 0.3) is 5.91 Å². The summed E-state index contributed by atoms with van der Waals surface area (Å²) in [4.78, 5) is 13.7. The summed E-state index contributed by atoms with van der Waals surface area (Å²) in [5.41, 5.74) is 0.0141. The van der Waals surface area contributed by atoms with Gasteiger partial charge in [-0.1, -0.05) is 30.3 Å². The highest BCUT2D eigenvalue weighted by molar-refractivity contribution is 7.91. The zero-order chi connectivity index (χ0) is 18.9. The molecule has 2 aromatic rings. The van der Waals surface area contributed by atoms with Crippen LogP contribution >= 0.6 is 0 Å². The highest BCUT2D eigenvalue weighted by Gasteiger charge is 2.33. The summed E-state index contributed by atoms with van der Waals surface area (Å²) in [5.74, 6) is -5.82. The highest BCUT2D eigenvalue weighted by Crippen LogP contribution is 2.30. The zero-order valence-corrected chi connectivity index (χ0v) is 14.5. The fraction of sp³-hybridized carbons (Fsp3) is 0.278. The molecule has 0 aliphatic carbocycles. The van der Waals surface area contributed by atoms with E-state index in [1.54, 1.807) is 30.3 Å². The second-order valence-electron chi connectivity index (χ2n) is 6.07. The van der Waals surface area contributed by atoms with Crippen molar-refractivity contribution in [2.24, 2.45) is 0 Å². The van der Waals surface area contributed by atoms with Crippen LogP contribution in [0.3, 0.4) is 0 Å². The van der Waals surface area contributed by atoms with Crippen molar-refractivity contribution in [2.45, 2.75) is 11.7 Å². The quantitative estimate of drug-likeness (QED) is 0.749. The van der Waals surface area contributed by atoms with Crippen molar-refractivity contribution < 1.29 is 26.4 Å². The molecule has 1 fully saturated rings. The van der Waals surface area contributed by atoms with Crippen molar-refractivity contribution >= 4 is 15.7 Å². The predicted octanol–water partition coefficient (Wildman–Crippen LogP) is 3.11. The van der Waals surface area contributed by atoms with Crippen LogP contribution in [0.25, 0.3) is 0 Å². The first-order valence-electron chi connectivity index (χ1n) is 8.00. The first-order chi connectivity index (χ1) is 12.3. The third kappa shape index (κ3) is 3.46. The van der Waals surface area contributed by atoms with Crippen LogP contribution in [0, 0.1) is 17.5 Å². The number of amides is 1. The van der Waals surface area contributed by atoms with E-state index in [1.807, 2.05) is 0 Å². The lowest BCUT2D eigenvalue weighted by Crippen LogP contribution is -2.34. The number of rotatable bonds is 2. The monoisotopic (exact) mass is 383 g/mol. The van der Waals surface area contributed by atoms with Crippen molar-refractivity contribution in [3.63, 3.8) is 0 Å². The molecule has 0 aromatic heterocycles. The van der Waals surface area contributed by atoms with Gasteiger partial charge in [0.15, 0.2) is 27.3 Å². The molecule has 0 bridgehead atoms. The van der Waals surface area contributed by atoms with Gasteiger partial charge in [0.05, 0.1) is 16.6 Å². The van der Waals surface area contributed by atoms with Gasteiger partial charge in [0.2, 0.25) is 0 Å². The third-order valence-corrected chi connectivity index (χ3v) is 6.59. The van der Waals surface area contributed by atoms with Crippen LogP contribution in [0.15, 0.2) is 42.5 Å². The fourth-order valence-corrected chi connectivity index (χ4v) is 4.85. The molecule has 3 rings (SSSR count). The second-order valence-corrected chi connectivity index (χ2v) is 8.37. The molecule has 4 nitrogen and oxygen atoms in total. The molecule has 1 saturated heterocycles. The predicted molar refractivity (Wildman–Crippen MR) is 89.8 cm³/mol. The Balaban J connectivity index is 1.86. The molecular weight excluding hydrogens is 367 g/mol. The van der Waals surface area contributed by atoms with Crippen LogP contribution < -0.4 is 0 Å². The molecule has 0 radical (unpaired) electrons. The first kappa shape index (κ1) is 18.4. The first-order valence-corrected chi connectivity index (χ1v) is 9.72. The fourth-order valence-electron chi connectivity index (χ4n) is 3.05. The lowest BCUT2D eigenvalue weighted by molar-refractivity contribution is 0.0760. The number of carbonyl (C=O) groups is 1. The van der Waals surface area contributed by atoms with E-state index < -0.39 is 44.0 Å². The normalized spacial score (nSPS) is 19.8. The minimum absolute atomic E-state index is 0.0655. The summed E-state index contributed by atoms with van der Waals surface area (Å²) >= 11 is 0. The number of hydrogen-bond donors (Lipinski definition) is 0. The Morgan fingerprint density at radius 2 is 1.65 bits per heavy atom. The van der Waals surface area contributed by atoms with E-state index in [4.69, 9.17) is 0 Å². The van der Waals surface area contributed by atoms with Crippen LogP contribution in [0.4, 0.5) is 13.2 Å². The summed E-state index contributed by atoms with van der Waals surface area (Å²) in [7, 11) is -3.51. The molecule has 1 atom stereocenters. The van der Waals surface area contributed by atoms with Gasteiger partial charge in [-0.15, -0.1) is 0 Å². The summed E-state index contributed by atoms with van der Waals surface area (Å²) < 4.78 is 65.4. The zero-order valence-electron chi connectivity index (χ0n) is 13.7. The van der Waals surface area contributed by atoms with Crippen LogP contribution in [0.2, 0.25) is 0 Å². The molecule has 0 N–H and O–H groups in total. The number of halogens is 3. The van der Waals surface area contributed by atoms with Crippen LogP contribution in [0.1, 0.15) is 27.6 Å². The van der Waals surface area contributed by atoms with Crippen LogP contribution in [0.5, 0.6) is 0 Å². The number of nitrogens with zero attached hydrogens (tertiary/aromatic N) is 1. The van der Waals surface area contributed by atoms with E-state index in [0.29, 0.717) is 11.6 Å². The van der Waals surface area contributed by atoms with Gasteiger partial charge in [0, 0.05) is 13.1 Å². The number of hydrogen-bond acceptors (Lipinski definition) is 3. The molecule has 1 amide bonds. The molecule has 1 heterocycles. The average molecular weight is 383 g/mol. The molecule has 2 aromatic carbocycles. The SMILES string of the molecule is O=C(c1ccc(F)c(F)c1F)N1CCC(c2ccccc2)S(=O)(=O)CC1. The molecular formula is C18H16F3NO3S. The van der Waals surface area contributed by atoms with Gasteiger partial charge in [-0.25, -0.2) is 21.6 Å². The van der Waals surface area contributed by atoms with Crippen LogP contribution in [-0.4, -0.2) is 38.1 Å². The van der Waals surface area contributed by atoms with Crippen molar-refractivity contribution in [3.05, 3.63) is 71.0 Å². The standard InChI is InChI=1S/C18H16F3NO3S/c19-14-7-6-13(16(20)17(14)21)18(23)22-9-8-15(26(24,25)11-10-22)12-4-2-1-3-5-12/h1-7,15H,8-11H2. The lowest BCUT2D eigenvalue weighted by atomic mass is 10.1. The van der Waals surface area contributed by atoms with E-state index in [-0.39, 0.29) is 25.3 Å². The number of benzene rings is 2. The summed E-state index contributed by atoms with van der Waals surface area (Å²) in [6, 6.07) is 10.2. The summed E-state index contributed by atoms with van der Waals surface area (Å²) in [6.45, 7) is -0.0704. The van der Waals surface area contributed by atoms with Gasteiger partial charge in [-0.05, 0) is 24.1 Å². The largest absolute Gasteiger partial charge is 0.337 e. The maximum absolute atomic E-state index is 13.9. The number of carbonyl (C=O) groups excluding carboxylic acids is 1. The number of sulfone groups is 1. The van der Waals surface area contributed by atoms with Gasteiger partial charge in [-0.2, -0.15) is 0 Å². The Bertz CT molecular complexity index is 932. The molecule has 138 valence electrons.